The Morgan fingerprint density at radius 3 is 2.58 bits per heavy atom. The van der Waals surface area contributed by atoms with Crippen molar-refractivity contribution in [2.75, 3.05) is 6.54 Å². The van der Waals surface area contributed by atoms with Crippen molar-refractivity contribution in [1.82, 2.24) is 15.1 Å². The van der Waals surface area contributed by atoms with Gasteiger partial charge in [-0.2, -0.15) is 5.10 Å². The van der Waals surface area contributed by atoms with Gasteiger partial charge in [-0.25, -0.2) is 4.68 Å². The SMILES string of the molecule is Cc1ccccc1C(O)CNC(=O)c1ccn(-c2ccccc2)n1. The Bertz CT molecular complexity index is 827. The number of aliphatic hydroxyl groups is 1. The Labute approximate surface area is 140 Å². The highest BCUT2D eigenvalue weighted by molar-refractivity contribution is 5.92. The fraction of sp³-hybridized carbons (Fsp3) is 0.158. The van der Waals surface area contributed by atoms with Gasteiger partial charge >= 0.3 is 0 Å². The highest BCUT2D eigenvalue weighted by atomic mass is 16.3. The third-order valence-electron chi connectivity index (χ3n) is 3.85. The van der Waals surface area contributed by atoms with Crippen molar-refractivity contribution in [3.05, 3.63) is 83.7 Å². The first kappa shape index (κ1) is 16.0. The number of amides is 1. The molecule has 2 N–H and O–H groups in total. The minimum atomic E-state index is -0.744. The predicted molar refractivity (Wildman–Crippen MR) is 92.0 cm³/mol. The number of nitrogens with zero attached hydrogens (tertiary/aromatic N) is 2. The molecular weight excluding hydrogens is 302 g/mol. The molecule has 3 rings (SSSR count). The first-order valence-corrected chi connectivity index (χ1v) is 7.78. The molecule has 1 atom stereocenters. The number of rotatable bonds is 5. The highest BCUT2D eigenvalue weighted by Crippen LogP contribution is 2.16. The van der Waals surface area contributed by atoms with Crippen LogP contribution in [0.3, 0.4) is 0 Å². The van der Waals surface area contributed by atoms with E-state index in [1.54, 1.807) is 16.9 Å². The summed E-state index contributed by atoms with van der Waals surface area (Å²) in [5, 5.41) is 17.2. The molecule has 0 radical (unpaired) electrons. The van der Waals surface area contributed by atoms with Crippen LogP contribution in [0, 0.1) is 6.92 Å². The second-order valence-corrected chi connectivity index (χ2v) is 5.56. The number of carbonyl (C=O) groups excluding carboxylic acids is 1. The van der Waals surface area contributed by atoms with Crippen molar-refractivity contribution in [1.29, 1.82) is 0 Å². The summed E-state index contributed by atoms with van der Waals surface area (Å²) in [5.41, 5.74) is 3.01. The maximum Gasteiger partial charge on any atom is 0.271 e. The molecule has 0 spiro atoms. The summed E-state index contributed by atoms with van der Waals surface area (Å²) in [6.07, 6.45) is 0.994. The van der Waals surface area contributed by atoms with Crippen LogP contribution >= 0.6 is 0 Å². The lowest BCUT2D eigenvalue weighted by Gasteiger charge is -2.14. The number of para-hydroxylation sites is 1. The van der Waals surface area contributed by atoms with E-state index in [2.05, 4.69) is 10.4 Å². The van der Waals surface area contributed by atoms with E-state index in [-0.39, 0.29) is 12.5 Å². The average Bonchev–Trinajstić information content (AvgIpc) is 3.11. The molecule has 0 saturated heterocycles. The van der Waals surface area contributed by atoms with Crippen LogP contribution in [0.2, 0.25) is 0 Å². The number of aliphatic hydroxyl groups excluding tert-OH is 1. The Morgan fingerprint density at radius 1 is 1.12 bits per heavy atom. The Hall–Kier alpha value is -2.92. The number of nitrogens with one attached hydrogen (secondary N) is 1. The number of aromatic nitrogens is 2. The van der Waals surface area contributed by atoms with Crippen molar-refractivity contribution in [3.63, 3.8) is 0 Å². The molecule has 5 nitrogen and oxygen atoms in total. The molecule has 0 saturated carbocycles. The van der Waals surface area contributed by atoms with Crippen molar-refractivity contribution in [2.24, 2.45) is 0 Å². The molecule has 1 aromatic heterocycles. The first-order valence-electron chi connectivity index (χ1n) is 7.78. The summed E-state index contributed by atoms with van der Waals surface area (Å²) in [6.45, 7) is 2.07. The van der Waals surface area contributed by atoms with Gasteiger partial charge in [-0.3, -0.25) is 4.79 Å². The zero-order chi connectivity index (χ0) is 16.9. The van der Waals surface area contributed by atoms with Gasteiger partial charge in [0, 0.05) is 12.7 Å². The quantitative estimate of drug-likeness (QED) is 0.759. The number of hydrogen-bond donors (Lipinski definition) is 2. The van der Waals surface area contributed by atoms with Gasteiger partial charge in [0.1, 0.15) is 0 Å². The zero-order valence-corrected chi connectivity index (χ0v) is 13.4. The summed E-state index contributed by atoms with van der Waals surface area (Å²) in [7, 11) is 0. The summed E-state index contributed by atoms with van der Waals surface area (Å²) in [4.78, 5) is 12.2. The molecule has 5 heteroatoms. The molecule has 3 aromatic rings. The molecule has 0 aliphatic heterocycles. The topological polar surface area (TPSA) is 67.2 Å². The lowest BCUT2D eigenvalue weighted by atomic mass is 10.0. The summed E-state index contributed by atoms with van der Waals surface area (Å²) in [6, 6.07) is 18.8. The second kappa shape index (κ2) is 7.10. The van der Waals surface area contributed by atoms with E-state index in [9.17, 15) is 9.90 Å². The Kier molecular flexibility index (Phi) is 4.72. The number of benzene rings is 2. The second-order valence-electron chi connectivity index (χ2n) is 5.56. The van der Waals surface area contributed by atoms with Crippen LogP contribution in [-0.2, 0) is 0 Å². The molecule has 122 valence electrons. The smallest absolute Gasteiger partial charge is 0.271 e. The standard InChI is InChI=1S/C19H19N3O2/c1-14-7-5-6-10-16(14)18(23)13-20-19(24)17-11-12-22(21-17)15-8-3-2-4-9-15/h2-12,18,23H,13H2,1H3,(H,20,24). The van der Waals surface area contributed by atoms with Gasteiger partial charge in [-0.15, -0.1) is 0 Å². The molecule has 0 bridgehead atoms. The van der Waals surface area contributed by atoms with Crippen LogP contribution in [0.15, 0.2) is 66.9 Å². The molecule has 1 unspecified atom stereocenters. The monoisotopic (exact) mass is 321 g/mol. The van der Waals surface area contributed by atoms with Gasteiger partial charge in [0.2, 0.25) is 0 Å². The molecule has 24 heavy (non-hydrogen) atoms. The van der Waals surface area contributed by atoms with Gasteiger partial charge in [0.05, 0.1) is 11.8 Å². The van der Waals surface area contributed by atoms with Crippen LogP contribution < -0.4 is 5.32 Å². The van der Waals surface area contributed by atoms with Gasteiger partial charge in [-0.1, -0.05) is 42.5 Å². The summed E-state index contributed by atoms with van der Waals surface area (Å²) in [5.74, 6) is -0.308. The lowest BCUT2D eigenvalue weighted by Crippen LogP contribution is -2.29. The Balaban J connectivity index is 1.64. The maximum absolute atomic E-state index is 12.2. The van der Waals surface area contributed by atoms with Crippen molar-refractivity contribution < 1.29 is 9.90 Å². The number of carbonyl (C=O) groups is 1. The van der Waals surface area contributed by atoms with Crippen LogP contribution in [0.5, 0.6) is 0 Å². The van der Waals surface area contributed by atoms with Gasteiger partial charge < -0.3 is 10.4 Å². The van der Waals surface area contributed by atoms with Gasteiger partial charge in [-0.05, 0) is 36.2 Å². The molecule has 1 heterocycles. The van der Waals surface area contributed by atoms with Crippen LogP contribution in [-0.4, -0.2) is 27.3 Å². The largest absolute Gasteiger partial charge is 0.387 e. The fourth-order valence-electron chi connectivity index (χ4n) is 2.52. The number of aryl methyl sites for hydroxylation is 1. The van der Waals surface area contributed by atoms with Crippen LogP contribution in [0.1, 0.15) is 27.7 Å². The number of hydrogen-bond acceptors (Lipinski definition) is 3. The van der Waals surface area contributed by atoms with E-state index in [4.69, 9.17) is 0 Å². The molecule has 0 aliphatic carbocycles. The lowest BCUT2D eigenvalue weighted by molar-refractivity contribution is 0.0910. The van der Waals surface area contributed by atoms with Gasteiger partial charge in [0.15, 0.2) is 5.69 Å². The molecule has 0 aliphatic rings. The average molecular weight is 321 g/mol. The normalized spacial score (nSPS) is 11.9. The van der Waals surface area contributed by atoms with E-state index >= 15 is 0 Å². The van der Waals surface area contributed by atoms with Crippen molar-refractivity contribution in [3.8, 4) is 5.69 Å². The first-order chi connectivity index (χ1) is 11.6. The minimum Gasteiger partial charge on any atom is -0.387 e. The van der Waals surface area contributed by atoms with Crippen LogP contribution in [0.4, 0.5) is 0 Å². The highest BCUT2D eigenvalue weighted by Gasteiger charge is 2.14. The summed E-state index contributed by atoms with van der Waals surface area (Å²) >= 11 is 0. The molecule has 1 amide bonds. The van der Waals surface area contributed by atoms with Crippen molar-refractivity contribution in [2.45, 2.75) is 13.0 Å². The predicted octanol–water partition coefficient (Wildman–Crippen LogP) is 2.64. The van der Waals surface area contributed by atoms with Crippen LogP contribution in [0.25, 0.3) is 5.69 Å². The molecule has 2 aromatic carbocycles. The van der Waals surface area contributed by atoms with E-state index in [1.807, 2.05) is 61.5 Å². The zero-order valence-electron chi connectivity index (χ0n) is 13.4. The Morgan fingerprint density at radius 2 is 1.83 bits per heavy atom. The van der Waals surface area contributed by atoms with E-state index in [0.29, 0.717) is 5.69 Å². The van der Waals surface area contributed by atoms with E-state index in [1.165, 1.54) is 0 Å². The third-order valence-corrected chi connectivity index (χ3v) is 3.85. The minimum absolute atomic E-state index is 0.141. The maximum atomic E-state index is 12.2. The molecule has 0 fully saturated rings. The van der Waals surface area contributed by atoms with E-state index in [0.717, 1.165) is 16.8 Å². The van der Waals surface area contributed by atoms with E-state index < -0.39 is 6.10 Å². The van der Waals surface area contributed by atoms with Crippen molar-refractivity contribution >= 4 is 5.91 Å². The summed E-state index contributed by atoms with van der Waals surface area (Å²) < 4.78 is 1.65. The third kappa shape index (κ3) is 3.52. The molecular formula is C19H19N3O2. The van der Waals surface area contributed by atoms with Gasteiger partial charge in [0.25, 0.3) is 5.91 Å². The fourth-order valence-corrected chi connectivity index (χ4v) is 2.52.